The normalized spacial score (nSPS) is 28.0. The van der Waals surface area contributed by atoms with Crippen LogP contribution in [0.5, 0.6) is 0 Å². The van der Waals surface area contributed by atoms with Crippen molar-refractivity contribution >= 4 is 0 Å². The molecule has 1 unspecified atom stereocenters. The van der Waals surface area contributed by atoms with Crippen LogP contribution in [0.1, 0.15) is 19.3 Å². The summed E-state index contributed by atoms with van der Waals surface area (Å²) in [6.45, 7) is 0. The first-order valence-electron chi connectivity index (χ1n) is 3.67. The van der Waals surface area contributed by atoms with Crippen LogP contribution < -0.4 is 0 Å². The van der Waals surface area contributed by atoms with E-state index in [1.54, 1.807) is 5.57 Å². The van der Waals surface area contributed by atoms with Gasteiger partial charge >= 0.3 is 0 Å². The van der Waals surface area contributed by atoms with E-state index in [0.29, 0.717) is 0 Å². The van der Waals surface area contributed by atoms with Crippen LogP contribution in [0.4, 0.5) is 0 Å². The average molecular weight is 298 g/mol. The van der Waals surface area contributed by atoms with Gasteiger partial charge in [-0.05, 0) is 12.3 Å². The van der Waals surface area contributed by atoms with Crippen molar-refractivity contribution < 1.29 is 25.8 Å². The molecule has 0 radical (unpaired) electrons. The van der Waals surface area contributed by atoms with Crippen LogP contribution in [0, 0.1) is 12.3 Å². The number of rotatable bonds is 0. The van der Waals surface area contributed by atoms with E-state index >= 15 is 0 Å². The quantitative estimate of drug-likeness (QED) is 0.476. The topological polar surface area (TPSA) is 0 Å². The minimum atomic E-state index is 0. The van der Waals surface area contributed by atoms with Crippen LogP contribution >= 0.6 is 0 Å². The number of allylic oxidation sites excluding steroid dienone is 4. The molecule has 2 aliphatic rings. The third kappa shape index (κ3) is 1.45. The summed E-state index contributed by atoms with van der Waals surface area (Å²) in [6, 6.07) is 0. The first-order chi connectivity index (χ1) is 4.47. The van der Waals surface area contributed by atoms with Crippen molar-refractivity contribution in [3.05, 3.63) is 30.2 Å². The van der Waals surface area contributed by atoms with E-state index in [4.69, 9.17) is 0 Å². The maximum Gasteiger partial charge on any atom is 0 e. The van der Waals surface area contributed by atoms with Crippen LogP contribution in [-0.2, 0) is 25.8 Å². The zero-order chi connectivity index (χ0) is 6.10. The van der Waals surface area contributed by atoms with Crippen LogP contribution in [0.2, 0.25) is 0 Å². The van der Waals surface area contributed by atoms with Crippen molar-refractivity contribution in [2.45, 2.75) is 19.3 Å². The summed E-state index contributed by atoms with van der Waals surface area (Å²) in [4.78, 5) is 0. The van der Waals surface area contributed by atoms with Gasteiger partial charge < -0.3 is 0 Å². The first-order valence-corrected chi connectivity index (χ1v) is 3.67. The molecular weight excluding hydrogens is 287 g/mol. The minimum absolute atomic E-state index is 0. The Balaban J connectivity index is 0.000000500. The molecule has 10 heavy (non-hydrogen) atoms. The van der Waals surface area contributed by atoms with Gasteiger partial charge in [0.15, 0.2) is 0 Å². The molecule has 0 aromatic carbocycles. The zero-order valence-electron chi connectivity index (χ0n) is 6.01. The van der Waals surface area contributed by atoms with Gasteiger partial charge in [-0.3, -0.25) is 0 Å². The summed E-state index contributed by atoms with van der Waals surface area (Å²) in [7, 11) is 0. The Morgan fingerprint density at radius 3 is 3.20 bits per heavy atom. The van der Waals surface area contributed by atoms with Gasteiger partial charge in [-0.15, -0.1) is 18.6 Å². The summed E-state index contributed by atoms with van der Waals surface area (Å²) in [5, 5.41) is 0. The second-order valence-corrected chi connectivity index (χ2v) is 2.81. The van der Waals surface area contributed by atoms with Gasteiger partial charge in [0, 0.05) is 25.8 Å². The van der Waals surface area contributed by atoms with Crippen molar-refractivity contribution in [3.63, 3.8) is 0 Å². The van der Waals surface area contributed by atoms with Gasteiger partial charge in [0.25, 0.3) is 0 Å². The fourth-order valence-electron chi connectivity index (χ4n) is 1.66. The third-order valence-corrected chi connectivity index (χ3v) is 2.21. The second kappa shape index (κ2) is 3.56. The fourth-order valence-corrected chi connectivity index (χ4v) is 1.66. The predicted molar refractivity (Wildman–Crippen MR) is 38.9 cm³/mol. The van der Waals surface area contributed by atoms with E-state index in [1.165, 1.54) is 19.3 Å². The van der Waals surface area contributed by atoms with Crippen molar-refractivity contribution in [3.8, 4) is 0 Å². The maximum atomic E-state index is 2.37. The molecule has 2 aliphatic carbocycles. The van der Waals surface area contributed by atoms with Crippen molar-refractivity contribution in [1.29, 1.82) is 0 Å². The molecule has 1 saturated carbocycles. The zero-order valence-corrected chi connectivity index (χ0v) is 9.60. The van der Waals surface area contributed by atoms with Gasteiger partial charge in [-0.1, -0.05) is 6.42 Å². The molecule has 0 saturated heterocycles. The molecule has 1 heteroatoms. The molecule has 2 rings (SSSR count). The van der Waals surface area contributed by atoms with Crippen molar-refractivity contribution in [1.82, 2.24) is 0 Å². The Labute approximate surface area is 81.2 Å². The predicted octanol–water partition coefficient (Wildman–Crippen LogP) is 2.48. The SMILES string of the molecule is C1=CCC2CC[CH-]C2=C1.[Hf]. The Kier molecular flexibility index (Phi) is 2.97. The number of hydrogen-bond donors (Lipinski definition) is 0. The molecule has 0 aliphatic heterocycles. The summed E-state index contributed by atoms with van der Waals surface area (Å²) in [5.74, 6) is 0.884. The molecule has 0 N–H and O–H groups in total. The van der Waals surface area contributed by atoms with Crippen molar-refractivity contribution in [2.75, 3.05) is 0 Å². The summed E-state index contributed by atoms with van der Waals surface area (Å²) in [5.41, 5.74) is 1.58. The van der Waals surface area contributed by atoms with Crippen LogP contribution in [0.15, 0.2) is 23.8 Å². The van der Waals surface area contributed by atoms with E-state index in [2.05, 4.69) is 24.6 Å². The second-order valence-electron chi connectivity index (χ2n) is 2.81. The Hall–Kier alpha value is 0.220. The Morgan fingerprint density at radius 1 is 1.50 bits per heavy atom. The van der Waals surface area contributed by atoms with Crippen LogP contribution in [0.3, 0.4) is 0 Å². The fraction of sp³-hybridized carbons (Fsp3) is 0.444. The third-order valence-electron chi connectivity index (χ3n) is 2.21. The molecule has 1 fully saturated rings. The maximum absolute atomic E-state index is 2.37. The van der Waals surface area contributed by atoms with Gasteiger partial charge in [-0.2, -0.15) is 0 Å². The van der Waals surface area contributed by atoms with Crippen LogP contribution in [-0.4, -0.2) is 0 Å². The minimum Gasteiger partial charge on any atom is -0.227 e. The van der Waals surface area contributed by atoms with E-state index in [1.807, 2.05) is 0 Å². The molecule has 0 heterocycles. The smallest absolute Gasteiger partial charge is 0 e. The van der Waals surface area contributed by atoms with E-state index < -0.39 is 0 Å². The van der Waals surface area contributed by atoms with Gasteiger partial charge in [0.1, 0.15) is 0 Å². The Bertz CT molecular complexity index is 168. The van der Waals surface area contributed by atoms with E-state index in [0.717, 1.165) is 5.92 Å². The molecule has 1 atom stereocenters. The standard InChI is InChI=1S/C9H11.Hf/c1-2-5-9-7-3-6-8(9)4-1;/h1-2,4,6,9H,3,5,7H2;/q-1;. The monoisotopic (exact) mass is 299 g/mol. The molecule has 52 valence electrons. The van der Waals surface area contributed by atoms with E-state index in [9.17, 15) is 0 Å². The first kappa shape index (κ1) is 8.32. The number of hydrogen-bond acceptors (Lipinski definition) is 0. The molecular formula is C9H11Hf-. The molecule has 0 amide bonds. The van der Waals surface area contributed by atoms with Gasteiger partial charge in [0.2, 0.25) is 0 Å². The molecule has 0 spiro atoms. The van der Waals surface area contributed by atoms with Gasteiger partial charge in [0.05, 0.1) is 0 Å². The molecule has 0 aromatic heterocycles. The Morgan fingerprint density at radius 2 is 2.40 bits per heavy atom. The molecule has 0 aromatic rings. The van der Waals surface area contributed by atoms with Crippen LogP contribution in [0.25, 0.3) is 0 Å². The van der Waals surface area contributed by atoms with Crippen molar-refractivity contribution in [2.24, 2.45) is 5.92 Å². The summed E-state index contributed by atoms with van der Waals surface area (Å²) in [6.07, 6.45) is 13.0. The largest absolute Gasteiger partial charge is 0.227 e. The summed E-state index contributed by atoms with van der Waals surface area (Å²) < 4.78 is 0. The van der Waals surface area contributed by atoms with E-state index in [-0.39, 0.29) is 25.8 Å². The molecule has 0 nitrogen and oxygen atoms in total. The number of fused-ring (bicyclic) bond motifs is 1. The summed E-state index contributed by atoms with van der Waals surface area (Å²) >= 11 is 0. The average Bonchev–Trinajstić information content (AvgIpc) is 2.33. The van der Waals surface area contributed by atoms with Gasteiger partial charge in [-0.25, -0.2) is 18.1 Å². The molecule has 0 bridgehead atoms.